The van der Waals surface area contributed by atoms with Crippen LogP contribution in [0.5, 0.6) is 0 Å². The summed E-state index contributed by atoms with van der Waals surface area (Å²) in [6.45, 7) is 2.90. The molecule has 0 spiro atoms. The minimum atomic E-state index is -0.0815. The molecule has 0 aromatic carbocycles. The Bertz CT molecular complexity index is 149. The van der Waals surface area contributed by atoms with Gasteiger partial charge in [-0.3, -0.25) is 0 Å². The second kappa shape index (κ2) is 6.35. The van der Waals surface area contributed by atoms with Gasteiger partial charge in [0.2, 0.25) is 0 Å². The maximum atomic E-state index is 8.76. The molecule has 2 atom stereocenters. The lowest BCUT2D eigenvalue weighted by Gasteiger charge is -2.21. The third-order valence-electron chi connectivity index (χ3n) is 2.66. The van der Waals surface area contributed by atoms with Crippen molar-refractivity contribution in [3.63, 3.8) is 0 Å². The lowest BCUT2D eigenvalue weighted by atomic mass is 10.2. The number of ether oxygens (including phenoxy) is 1. The molecule has 1 saturated heterocycles. The van der Waals surface area contributed by atoms with Crippen LogP contribution in [-0.2, 0) is 4.74 Å². The van der Waals surface area contributed by atoms with Gasteiger partial charge in [-0.15, -0.1) is 0 Å². The average molecular weight is 202 g/mol. The van der Waals surface area contributed by atoms with E-state index in [1.807, 2.05) is 0 Å². The summed E-state index contributed by atoms with van der Waals surface area (Å²) >= 11 is 0. The Morgan fingerprint density at radius 3 is 3.00 bits per heavy atom. The van der Waals surface area contributed by atoms with Gasteiger partial charge in [-0.1, -0.05) is 0 Å². The van der Waals surface area contributed by atoms with Crippen molar-refractivity contribution in [2.75, 3.05) is 33.4 Å². The van der Waals surface area contributed by atoms with E-state index in [2.05, 4.69) is 11.9 Å². The Morgan fingerprint density at radius 2 is 2.43 bits per heavy atom. The van der Waals surface area contributed by atoms with Gasteiger partial charge >= 0.3 is 0 Å². The summed E-state index contributed by atoms with van der Waals surface area (Å²) in [5, 5.41) is 8.76. The molecule has 0 aromatic rings. The number of rotatable bonds is 6. The number of hydrogen-bond donors (Lipinski definition) is 2. The number of nitrogens with zero attached hydrogens (tertiary/aromatic N) is 1. The number of likely N-dealkylation sites (N-methyl/N-ethyl adjacent to an activating group) is 1. The molecule has 0 radical (unpaired) electrons. The van der Waals surface area contributed by atoms with Gasteiger partial charge in [0.15, 0.2) is 0 Å². The monoisotopic (exact) mass is 202 g/mol. The zero-order valence-corrected chi connectivity index (χ0v) is 8.98. The molecule has 2 unspecified atom stereocenters. The number of nitrogens with two attached hydrogens (primary N) is 1. The lowest BCUT2D eigenvalue weighted by molar-refractivity contribution is 0.0798. The molecule has 0 bridgehead atoms. The van der Waals surface area contributed by atoms with Crippen molar-refractivity contribution in [3.05, 3.63) is 0 Å². The van der Waals surface area contributed by atoms with Crippen LogP contribution in [0.3, 0.4) is 0 Å². The fourth-order valence-electron chi connectivity index (χ4n) is 1.70. The predicted octanol–water partition coefficient (Wildman–Crippen LogP) is -0.193. The van der Waals surface area contributed by atoms with E-state index in [1.54, 1.807) is 0 Å². The van der Waals surface area contributed by atoms with E-state index in [0.717, 1.165) is 26.1 Å². The van der Waals surface area contributed by atoms with Crippen LogP contribution in [0.15, 0.2) is 0 Å². The van der Waals surface area contributed by atoms with Gasteiger partial charge in [0.25, 0.3) is 0 Å². The third kappa shape index (κ3) is 4.37. The molecule has 84 valence electrons. The molecule has 1 rings (SSSR count). The number of aliphatic hydroxyl groups excluding tert-OH is 1. The van der Waals surface area contributed by atoms with Gasteiger partial charge in [-0.05, 0) is 32.9 Å². The summed E-state index contributed by atoms with van der Waals surface area (Å²) in [5.74, 6) is 0. The fraction of sp³-hybridized carbons (Fsp3) is 1.00. The smallest absolute Gasteiger partial charge is 0.0702 e. The lowest BCUT2D eigenvalue weighted by Crippen LogP contribution is -2.34. The molecular weight excluding hydrogens is 180 g/mol. The van der Waals surface area contributed by atoms with Crippen molar-refractivity contribution >= 4 is 0 Å². The van der Waals surface area contributed by atoms with Gasteiger partial charge in [-0.25, -0.2) is 0 Å². The van der Waals surface area contributed by atoms with E-state index in [9.17, 15) is 0 Å². The van der Waals surface area contributed by atoms with Gasteiger partial charge in [0.05, 0.1) is 12.7 Å². The van der Waals surface area contributed by atoms with Gasteiger partial charge < -0.3 is 20.5 Å². The standard InChI is InChI=1S/C10H22N2O2/c1-12(5-4-9(11)8-13)7-10-3-2-6-14-10/h9-10,13H,2-8,11H2,1H3. The topological polar surface area (TPSA) is 58.7 Å². The first kappa shape index (κ1) is 11.9. The fourth-order valence-corrected chi connectivity index (χ4v) is 1.70. The normalized spacial score (nSPS) is 24.4. The zero-order valence-electron chi connectivity index (χ0n) is 8.98. The quantitative estimate of drug-likeness (QED) is 0.626. The molecule has 4 heteroatoms. The molecule has 0 aromatic heterocycles. The summed E-state index contributed by atoms with van der Waals surface area (Å²) < 4.78 is 5.53. The molecule has 3 N–H and O–H groups in total. The summed E-state index contributed by atoms with van der Waals surface area (Å²) in [4.78, 5) is 2.23. The highest BCUT2D eigenvalue weighted by Crippen LogP contribution is 2.12. The molecule has 1 fully saturated rings. The van der Waals surface area contributed by atoms with E-state index in [1.165, 1.54) is 12.8 Å². The van der Waals surface area contributed by atoms with Crippen molar-refractivity contribution in [2.24, 2.45) is 5.73 Å². The summed E-state index contributed by atoms with van der Waals surface area (Å²) in [5.41, 5.74) is 5.62. The highest BCUT2D eigenvalue weighted by Gasteiger charge is 2.17. The summed E-state index contributed by atoms with van der Waals surface area (Å²) in [6, 6.07) is -0.0815. The Balaban J connectivity index is 2.05. The van der Waals surface area contributed by atoms with Crippen molar-refractivity contribution < 1.29 is 9.84 Å². The molecule has 0 aliphatic carbocycles. The maximum Gasteiger partial charge on any atom is 0.0702 e. The molecule has 4 nitrogen and oxygen atoms in total. The first-order chi connectivity index (χ1) is 6.72. The van der Waals surface area contributed by atoms with Gasteiger partial charge in [-0.2, -0.15) is 0 Å². The Hall–Kier alpha value is -0.160. The van der Waals surface area contributed by atoms with Crippen LogP contribution in [0.4, 0.5) is 0 Å². The number of aliphatic hydroxyl groups is 1. The molecule has 0 amide bonds. The van der Waals surface area contributed by atoms with Crippen LogP contribution in [0.1, 0.15) is 19.3 Å². The van der Waals surface area contributed by atoms with E-state index < -0.39 is 0 Å². The Morgan fingerprint density at radius 1 is 1.64 bits per heavy atom. The zero-order chi connectivity index (χ0) is 10.4. The van der Waals surface area contributed by atoms with Crippen molar-refractivity contribution in [2.45, 2.75) is 31.4 Å². The summed E-state index contributed by atoms with van der Waals surface area (Å²) in [7, 11) is 2.08. The van der Waals surface area contributed by atoms with E-state index in [-0.39, 0.29) is 12.6 Å². The van der Waals surface area contributed by atoms with Crippen LogP contribution < -0.4 is 5.73 Å². The van der Waals surface area contributed by atoms with Crippen LogP contribution >= 0.6 is 0 Å². The van der Waals surface area contributed by atoms with Gasteiger partial charge in [0.1, 0.15) is 0 Å². The molecule has 14 heavy (non-hydrogen) atoms. The van der Waals surface area contributed by atoms with Crippen LogP contribution in [0.2, 0.25) is 0 Å². The average Bonchev–Trinajstić information content (AvgIpc) is 2.66. The van der Waals surface area contributed by atoms with Crippen molar-refractivity contribution in [1.82, 2.24) is 4.90 Å². The van der Waals surface area contributed by atoms with E-state index >= 15 is 0 Å². The molecule has 1 aliphatic rings. The third-order valence-corrected chi connectivity index (χ3v) is 2.66. The molecule has 0 saturated carbocycles. The first-order valence-corrected chi connectivity index (χ1v) is 5.39. The minimum absolute atomic E-state index is 0.0772. The first-order valence-electron chi connectivity index (χ1n) is 5.39. The van der Waals surface area contributed by atoms with Crippen molar-refractivity contribution in [1.29, 1.82) is 0 Å². The molecule has 1 aliphatic heterocycles. The van der Waals surface area contributed by atoms with Crippen LogP contribution in [-0.4, -0.2) is 55.5 Å². The van der Waals surface area contributed by atoms with E-state index in [0.29, 0.717) is 6.10 Å². The van der Waals surface area contributed by atoms with Crippen LogP contribution in [0.25, 0.3) is 0 Å². The highest BCUT2D eigenvalue weighted by atomic mass is 16.5. The van der Waals surface area contributed by atoms with Crippen molar-refractivity contribution in [3.8, 4) is 0 Å². The largest absolute Gasteiger partial charge is 0.395 e. The maximum absolute atomic E-state index is 8.76. The second-order valence-corrected chi connectivity index (χ2v) is 4.13. The van der Waals surface area contributed by atoms with E-state index in [4.69, 9.17) is 15.6 Å². The Labute approximate surface area is 86.0 Å². The summed E-state index contributed by atoms with van der Waals surface area (Å²) in [6.07, 6.45) is 3.62. The molecule has 1 heterocycles. The SMILES string of the molecule is CN(CCC(N)CO)CC1CCCO1. The number of hydrogen-bond acceptors (Lipinski definition) is 4. The second-order valence-electron chi connectivity index (χ2n) is 4.13. The minimum Gasteiger partial charge on any atom is -0.395 e. The predicted molar refractivity (Wildman–Crippen MR) is 56.1 cm³/mol. The van der Waals surface area contributed by atoms with Gasteiger partial charge in [0, 0.05) is 19.2 Å². The highest BCUT2D eigenvalue weighted by molar-refractivity contribution is 4.70. The Kier molecular flexibility index (Phi) is 5.40. The molecular formula is C10H22N2O2. The van der Waals surface area contributed by atoms with Crippen LogP contribution in [0, 0.1) is 0 Å².